The van der Waals surface area contributed by atoms with E-state index in [1.165, 1.54) is 5.56 Å². The molecule has 1 aliphatic rings. The summed E-state index contributed by atoms with van der Waals surface area (Å²) in [6, 6.07) is 6.11. The molecule has 0 bridgehead atoms. The molecule has 0 aromatic carbocycles. The highest BCUT2D eigenvalue weighted by Crippen LogP contribution is 2.18. The molecule has 3 aromatic heterocycles. The first-order chi connectivity index (χ1) is 11.4. The van der Waals surface area contributed by atoms with Crippen LogP contribution in [-0.2, 0) is 26.2 Å². The number of hydrogen-bond acceptors (Lipinski definition) is 4. The van der Waals surface area contributed by atoms with Gasteiger partial charge in [0, 0.05) is 69.3 Å². The molecule has 1 atom stereocenters. The Kier molecular flexibility index (Phi) is 3.90. The summed E-state index contributed by atoms with van der Waals surface area (Å²) in [5, 5.41) is 4.36. The summed E-state index contributed by atoms with van der Waals surface area (Å²) in [5.74, 6) is 1.64. The molecule has 0 saturated heterocycles. The molecule has 0 unspecified atom stereocenters. The Morgan fingerprint density at radius 3 is 2.91 bits per heavy atom. The van der Waals surface area contributed by atoms with E-state index in [1.807, 2.05) is 47.8 Å². The van der Waals surface area contributed by atoms with Crippen LogP contribution in [0.2, 0.25) is 0 Å². The molecule has 0 spiro atoms. The Hall–Kier alpha value is -2.47. The number of rotatable bonds is 4. The van der Waals surface area contributed by atoms with Gasteiger partial charge in [-0.1, -0.05) is 6.07 Å². The summed E-state index contributed by atoms with van der Waals surface area (Å²) >= 11 is 0. The summed E-state index contributed by atoms with van der Waals surface area (Å²) in [6.45, 7) is 4.71. The molecule has 0 radical (unpaired) electrons. The van der Waals surface area contributed by atoms with E-state index in [1.54, 1.807) is 0 Å². The molecule has 0 amide bonds. The molecule has 0 fully saturated rings. The highest BCUT2D eigenvalue weighted by molar-refractivity contribution is 5.09. The van der Waals surface area contributed by atoms with Crippen LogP contribution < -0.4 is 0 Å². The van der Waals surface area contributed by atoms with E-state index in [0.717, 1.165) is 38.5 Å². The van der Waals surface area contributed by atoms with Gasteiger partial charge in [-0.2, -0.15) is 5.10 Å². The Morgan fingerprint density at radius 2 is 2.09 bits per heavy atom. The van der Waals surface area contributed by atoms with Crippen molar-refractivity contribution in [1.29, 1.82) is 0 Å². The van der Waals surface area contributed by atoms with Crippen LogP contribution in [0.15, 0.2) is 55.4 Å². The van der Waals surface area contributed by atoms with Crippen LogP contribution in [0.1, 0.15) is 11.4 Å². The zero-order valence-electron chi connectivity index (χ0n) is 13.0. The van der Waals surface area contributed by atoms with Crippen molar-refractivity contribution < 1.29 is 0 Å². The van der Waals surface area contributed by atoms with E-state index >= 15 is 0 Å². The molecule has 0 saturated carbocycles. The van der Waals surface area contributed by atoms with Gasteiger partial charge in [0.05, 0.1) is 6.54 Å². The molecule has 4 heterocycles. The highest BCUT2D eigenvalue weighted by Gasteiger charge is 2.23. The first-order valence-electron chi connectivity index (χ1n) is 7.95. The van der Waals surface area contributed by atoms with Crippen molar-refractivity contribution in [1.82, 2.24) is 29.2 Å². The lowest BCUT2D eigenvalue weighted by Crippen LogP contribution is -2.30. The summed E-state index contributed by atoms with van der Waals surface area (Å²) in [4.78, 5) is 11.2. The lowest BCUT2D eigenvalue weighted by atomic mass is 10.1. The third kappa shape index (κ3) is 3.32. The van der Waals surface area contributed by atoms with E-state index in [4.69, 9.17) is 0 Å². The maximum absolute atomic E-state index is 4.52. The van der Waals surface area contributed by atoms with Gasteiger partial charge in [0.1, 0.15) is 5.82 Å². The van der Waals surface area contributed by atoms with Crippen molar-refractivity contribution in [2.75, 3.05) is 6.54 Å². The van der Waals surface area contributed by atoms with Crippen molar-refractivity contribution in [2.24, 2.45) is 5.92 Å². The van der Waals surface area contributed by atoms with Gasteiger partial charge in [-0.3, -0.25) is 14.6 Å². The SMILES string of the molecule is c1cncc(CN2Cc3nccn3C[C@H](Cn3cccn3)C2)c1. The second kappa shape index (κ2) is 6.34. The van der Waals surface area contributed by atoms with Crippen LogP contribution in [0.5, 0.6) is 0 Å². The number of hydrogen-bond donors (Lipinski definition) is 0. The van der Waals surface area contributed by atoms with Gasteiger partial charge in [-0.25, -0.2) is 4.98 Å². The summed E-state index contributed by atoms with van der Waals surface area (Å²) in [5.41, 5.74) is 1.24. The fraction of sp³-hybridized carbons (Fsp3) is 0.353. The fourth-order valence-corrected chi connectivity index (χ4v) is 3.28. The van der Waals surface area contributed by atoms with Gasteiger partial charge in [0.2, 0.25) is 0 Å². The lowest BCUT2D eigenvalue weighted by molar-refractivity contribution is 0.205. The Bertz CT molecular complexity index is 734. The molecular formula is C17H20N6. The maximum Gasteiger partial charge on any atom is 0.122 e. The van der Waals surface area contributed by atoms with E-state index in [2.05, 4.69) is 36.8 Å². The first kappa shape index (κ1) is 14.1. The molecule has 118 valence electrons. The lowest BCUT2D eigenvalue weighted by Gasteiger charge is -2.23. The molecule has 6 nitrogen and oxygen atoms in total. The van der Waals surface area contributed by atoms with Crippen LogP contribution in [0.3, 0.4) is 0 Å². The quantitative estimate of drug-likeness (QED) is 0.737. The molecule has 6 heteroatoms. The number of imidazole rings is 1. The minimum atomic E-state index is 0.502. The molecule has 4 rings (SSSR count). The average molecular weight is 308 g/mol. The van der Waals surface area contributed by atoms with E-state index in [9.17, 15) is 0 Å². The second-order valence-corrected chi connectivity index (χ2v) is 6.12. The number of pyridine rings is 1. The van der Waals surface area contributed by atoms with E-state index < -0.39 is 0 Å². The van der Waals surface area contributed by atoms with Gasteiger partial charge >= 0.3 is 0 Å². The molecule has 1 aliphatic heterocycles. The second-order valence-electron chi connectivity index (χ2n) is 6.12. The van der Waals surface area contributed by atoms with Crippen LogP contribution >= 0.6 is 0 Å². The smallest absolute Gasteiger partial charge is 0.122 e. The molecule has 0 N–H and O–H groups in total. The predicted molar refractivity (Wildman–Crippen MR) is 86.3 cm³/mol. The molecule has 23 heavy (non-hydrogen) atoms. The first-order valence-corrected chi connectivity index (χ1v) is 7.95. The van der Waals surface area contributed by atoms with Gasteiger partial charge in [0.15, 0.2) is 0 Å². The monoisotopic (exact) mass is 308 g/mol. The van der Waals surface area contributed by atoms with E-state index in [-0.39, 0.29) is 0 Å². The Labute approximate surface area is 135 Å². The van der Waals surface area contributed by atoms with Crippen molar-refractivity contribution in [3.8, 4) is 0 Å². The van der Waals surface area contributed by atoms with Crippen molar-refractivity contribution in [2.45, 2.75) is 26.2 Å². The topological polar surface area (TPSA) is 51.8 Å². The van der Waals surface area contributed by atoms with Gasteiger partial charge in [-0.05, 0) is 17.7 Å². The third-order valence-electron chi connectivity index (χ3n) is 4.27. The predicted octanol–water partition coefficient (Wildman–Crippen LogP) is 1.81. The van der Waals surface area contributed by atoms with Crippen molar-refractivity contribution in [3.63, 3.8) is 0 Å². The number of fused-ring (bicyclic) bond motifs is 1. The molecule has 3 aromatic rings. The largest absolute Gasteiger partial charge is 0.333 e. The number of aromatic nitrogens is 5. The minimum absolute atomic E-state index is 0.502. The average Bonchev–Trinajstić information content (AvgIpc) is 3.18. The van der Waals surface area contributed by atoms with Crippen LogP contribution in [0, 0.1) is 5.92 Å². The number of nitrogens with zero attached hydrogens (tertiary/aromatic N) is 6. The van der Waals surface area contributed by atoms with Gasteiger partial charge in [0.25, 0.3) is 0 Å². The maximum atomic E-state index is 4.52. The van der Waals surface area contributed by atoms with Crippen LogP contribution in [0.25, 0.3) is 0 Å². The summed E-state index contributed by atoms with van der Waals surface area (Å²) in [7, 11) is 0. The summed E-state index contributed by atoms with van der Waals surface area (Å²) in [6.07, 6.45) is 11.6. The molecule has 0 aliphatic carbocycles. The Balaban J connectivity index is 1.54. The summed E-state index contributed by atoms with van der Waals surface area (Å²) < 4.78 is 4.30. The normalized spacial score (nSPS) is 18.5. The van der Waals surface area contributed by atoms with Gasteiger partial charge in [-0.15, -0.1) is 0 Å². The zero-order valence-corrected chi connectivity index (χ0v) is 13.0. The standard InChI is InChI=1S/C17H20N6/c1-3-15(9-18-4-1)10-21-11-16(13-23-7-2-5-20-23)12-22-8-6-19-17(22)14-21/h1-9,16H,10-14H2/t16-/m1/s1. The van der Waals surface area contributed by atoms with Crippen molar-refractivity contribution in [3.05, 3.63) is 66.8 Å². The van der Waals surface area contributed by atoms with Crippen LogP contribution in [-0.4, -0.2) is 35.8 Å². The van der Waals surface area contributed by atoms with Crippen molar-refractivity contribution >= 4 is 0 Å². The van der Waals surface area contributed by atoms with E-state index in [0.29, 0.717) is 5.92 Å². The van der Waals surface area contributed by atoms with Crippen LogP contribution in [0.4, 0.5) is 0 Å². The fourth-order valence-electron chi connectivity index (χ4n) is 3.28. The van der Waals surface area contributed by atoms with Gasteiger partial charge < -0.3 is 4.57 Å². The third-order valence-corrected chi connectivity index (χ3v) is 4.27. The zero-order chi connectivity index (χ0) is 15.5. The Morgan fingerprint density at radius 1 is 1.09 bits per heavy atom. The highest BCUT2D eigenvalue weighted by atomic mass is 15.3. The minimum Gasteiger partial charge on any atom is -0.333 e. The molecular weight excluding hydrogens is 288 g/mol.